The maximum Gasteiger partial charge on any atom is 0.376 e. The quantitative estimate of drug-likeness (QED) is 0.524. The van der Waals surface area contributed by atoms with Crippen molar-refractivity contribution in [1.82, 2.24) is 0 Å². The smallest absolute Gasteiger partial charge is 0.329 e. The SMILES string of the molecule is CCCC(=N)C(=O)ON(c1ccc(F)c(Cl)c1)c1ccc(C#N)c(Cl)c1. The summed E-state index contributed by atoms with van der Waals surface area (Å²) in [5, 5.41) is 17.8. The van der Waals surface area contributed by atoms with Gasteiger partial charge < -0.3 is 4.84 Å². The van der Waals surface area contributed by atoms with Gasteiger partial charge in [-0.1, -0.05) is 36.5 Å². The molecule has 0 spiro atoms. The van der Waals surface area contributed by atoms with E-state index in [1.807, 2.05) is 13.0 Å². The van der Waals surface area contributed by atoms with Crippen molar-refractivity contribution in [3.63, 3.8) is 0 Å². The highest BCUT2D eigenvalue weighted by Crippen LogP contribution is 2.32. The minimum absolute atomic E-state index is 0.155. The highest BCUT2D eigenvalue weighted by atomic mass is 35.5. The van der Waals surface area contributed by atoms with Crippen LogP contribution in [0.1, 0.15) is 25.3 Å². The van der Waals surface area contributed by atoms with E-state index in [0.29, 0.717) is 12.1 Å². The molecule has 0 aromatic heterocycles. The zero-order chi connectivity index (χ0) is 19.3. The number of anilines is 2. The first-order valence-electron chi connectivity index (χ1n) is 7.62. The van der Waals surface area contributed by atoms with Crippen molar-refractivity contribution in [3.8, 4) is 6.07 Å². The molecule has 0 aliphatic rings. The Labute approximate surface area is 160 Å². The second-order valence-electron chi connectivity index (χ2n) is 5.28. The molecular weight excluding hydrogens is 380 g/mol. The highest BCUT2D eigenvalue weighted by molar-refractivity contribution is 6.35. The van der Waals surface area contributed by atoms with Crippen molar-refractivity contribution in [3.05, 3.63) is 57.8 Å². The van der Waals surface area contributed by atoms with Gasteiger partial charge in [-0.05, 0) is 42.8 Å². The van der Waals surface area contributed by atoms with Crippen LogP contribution in [0.4, 0.5) is 15.8 Å². The Morgan fingerprint density at radius 3 is 2.38 bits per heavy atom. The second-order valence-corrected chi connectivity index (χ2v) is 6.09. The van der Waals surface area contributed by atoms with Gasteiger partial charge in [0.25, 0.3) is 0 Å². The highest BCUT2D eigenvalue weighted by Gasteiger charge is 2.20. The number of nitriles is 1. The zero-order valence-corrected chi connectivity index (χ0v) is 15.2. The molecule has 0 aliphatic carbocycles. The number of carbonyl (C=O) groups excluding carboxylic acids is 1. The van der Waals surface area contributed by atoms with Crippen LogP contribution in [0, 0.1) is 22.6 Å². The van der Waals surface area contributed by atoms with Crippen LogP contribution >= 0.6 is 23.2 Å². The van der Waals surface area contributed by atoms with E-state index >= 15 is 0 Å². The monoisotopic (exact) mass is 393 g/mol. The predicted octanol–water partition coefficient (Wildman–Crippen LogP) is 5.42. The summed E-state index contributed by atoms with van der Waals surface area (Å²) in [6.45, 7) is 1.83. The number of halogens is 3. The molecular formula is C18H14Cl2FN3O2. The first kappa shape index (κ1) is 19.7. The van der Waals surface area contributed by atoms with E-state index in [9.17, 15) is 9.18 Å². The molecule has 26 heavy (non-hydrogen) atoms. The molecule has 134 valence electrons. The third kappa shape index (κ3) is 4.51. The second kappa shape index (κ2) is 8.65. The summed E-state index contributed by atoms with van der Waals surface area (Å²) in [7, 11) is 0. The van der Waals surface area contributed by atoms with E-state index < -0.39 is 11.8 Å². The molecule has 0 radical (unpaired) electrons. The molecule has 0 fully saturated rings. The summed E-state index contributed by atoms with van der Waals surface area (Å²) in [4.78, 5) is 17.5. The molecule has 0 saturated carbocycles. The molecule has 0 amide bonds. The molecule has 0 heterocycles. The van der Waals surface area contributed by atoms with Crippen molar-refractivity contribution in [2.75, 3.05) is 5.06 Å². The summed E-state index contributed by atoms with van der Waals surface area (Å²) >= 11 is 11.9. The maximum absolute atomic E-state index is 13.5. The molecule has 8 heteroatoms. The van der Waals surface area contributed by atoms with Crippen molar-refractivity contribution in [2.45, 2.75) is 19.8 Å². The fraction of sp³-hybridized carbons (Fsp3) is 0.167. The minimum Gasteiger partial charge on any atom is -0.329 e. The molecule has 0 atom stereocenters. The van der Waals surface area contributed by atoms with Gasteiger partial charge in [0, 0.05) is 0 Å². The number of hydrogen-bond donors (Lipinski definition) is 1. The number of hydrogen-bond acceptors (Lipinski definition) is 5. The van der Waals surface area contributed by atoms with E-state index in [1.54, 1.807) is 0 Å². The van der Waals surface area contributed by atoms with Crippen molar-refractivity contribution < 1.29 is 14.0 Å². The molecule has 0 saturated heterocycles. The third-order valence-electron chi connectivity index (χ3n) is 3.37. The Bertz CT molecular complexity index is 896. The molecule has 0 aliphatic heterocycles. The molecule has 2 rings (SSSR count). The topological polar surface area (TPSA) is 77.2 Å². The number of carbonyl (C=O) groups is 1. The van der Waals surface area contributed by atoms with Gasteiger partial charge in [0.2, 0.25) is 0 Å². The third-order valence-corrected chi connectivity index (χ3v) is 3.97. The molecule has 0 bridgehead atoms. The van der Waals surface area contributed by atoms with Crippen LogP contribution in [-0.4, -0.2) is 11.7 Å². The fourth-order valence-electron chi connectivity index (χ4n) is 2.08. The Morgan fingerprint density at radius 1 is 1.23 bits per heavy atom. The van der Waals surface area contributed by atoms with Crippen LogP contribution in [0.15, 0.2) is 36.4 Å². The van der Waals surface area contributed by atoms with E-state index in [0.717, 1.165) is 11.1 Å². The van der Waals surface area contributed by atoms with Gasteiger partial charge >= 0.3 is 5.97 Å². The van der Waals surface area contributed by atoms with Gasteiger partial charge in [-0.3, -0.25) is 5.41 Å². The molecule has 2 aromatic carbocycles. The lowest BCUT2D eigenvalue weighted by molar-refractivity contribution is -0.135. The summed E-state index contributed by atoms with van der Waals surface area (Å²) in [5.41, 5.74) is 0.618. The lowest BCUT2D eigenvalue weighted by Gasteiger charge is -2.24. The Kier molecular flexibility index (Phi) is 6.56. The number of rotatable bonds is 6. The van der Waals surface area contributed by atoms with Crippen LogP contribution in [0.25, 0.3) is 0 Å². The Balaban J connectivity index is 2.46. The van der Waals surface area contributed by atoms with Gasteiger partial charge in [0.15, 0.2) is 0 Å². The average Bonchev–Trinajstić information content (AvgIpc) is 2.62. The molecule has 1 N–H and O–H groups in total. The van der Waals surface area contributed by atoms with Gasteiger partial charge in [-0.2, -0.15) is 10.3 Å². The lowest BCUT2D eigenvalue weighted by atomic mass is 10.2. The van der Waals surface area contributed by atoms with Crippen LogP contribution < -0.4 is 5.06 Å². The van der Waals surface area contributed by atoms with E-state index in [1.165, 1.54) is 30.3 Å². The van der Waals surface area contributed by atoms with Crippen molar-refractivity contribution in [2.24, 2.45) is 0 Å². The van der Waals surface area contributed by atoms with Gasteiger partial charge in [0.1, 0.15) is 17.6 Å². The van der Waals surface area contributed by atoms with Gasteiger partial charge in [0.05, 0.1) is 27.0 Å². The van der Waals surface area contributed by atoms with Crippen LogP contribution in [0.5, 0.6) is 0 Å². The van der Waals surface area contributed by atoms with E-state index in [2.05, 4.69) is 0 Å². The van der Waals surface area contributed by atoms with Crippen molar-refractivity contribution in [1.29, 1.82) is 10.7 Å². The van der Waals surface area contributed by atoms with Gasteiger partial charge in [-0.25, -0.2) is 9.18 Å². The largest absolute Gasteiger partial charge is 0.376 e. The number of nitrogens with zero attached hydrogens (tertiary/aromatic N) is 2. The normalized spacial score (nSPS) is 10.1. The summed E-state index contributed by atoms with van der Waals surface area (Å²) in [6, 6.07) is 10.1. The van der Waals surface area contributed by atoms with Crippen LogP contribution in [-0.2, 0) is 9.63 Å². The summed E-state index contributed by atoms with van der Waals surface area (Å²) in [5.74, 6) is -1.48. The van der Waals surface area contributed by atoms with Crippen molar-refractivity contribution >= 4 is 46.3 Å². The number of benzene rings is 2. The Hall–Kier alpha value is -2.62. The number of nitrogens with one attached hydrogen (secondary N) is 1. The molecule has 0 unspecified atom stereocenters. The maximum atomic E-state index is 13.5. The fourth-order valence-corrected chi connectivity index (χ4v) is 2.47. The standard InChI is InChI=1S/C18H14Cl2FN3O2/c1-2-3-17(23)18(25)26-24(13-6-7-16(21)15(20)9-13)12-5-4-11(10-22)14(19)8-12/h4-9,23H,2-3H2,1H3. The molecule has 5 nitrogen and oxygen atoms in total. The predicted molar refractivity (Wildman–Crippen MR) is 98.4 cm³/mol. The Morgan fingerprint density at radius 2 is 1.85 bits per heavy atom. The first-order chi connectivity index (χ1) is 12.4. The van der Waals surface area contributed by atoms with Gasteiger partial charge in [-0.15, -0.1) is 0 Å². The lowest BCUT2D eigenvalue weighted by Crippen LogP contribution is -2.27. The van der Waals surface area contributed by atoms with Crippen LogP contribution in [0.2, 0.25) is 10.0 Å². The zero-order valence-electron chi connectivity index (χ0n) is 13.7. The average molecular weight is 394 g/mol. The summed E-state index contributed by atoms with van der Waals surface area (Å²) in [6.07, 6.45) is 0.865. The van der Waals surface area contributed by atoms with Crippen LogP contribution in [0.3, 0.4) is 0 Å². The molecule has 2 aromatic rings. The first-order valence-corrected chi connectivity index (χ1v) is 8.37. The minimum atomic E-state index is -0.854. The van der Waals surface area contributed by atoms with E-state index in [-0.39, 0.29) is 33.4 Å². The van der Waals surface area contributed by atoms with E-state index in [4.69, 9.17) is 38.7 Å². The summed E-state index contributed by atoms with van der Waals surface area (Å²) < 4.78 is 13.5.